The summed E-state index contributed by atoms with van der Waals surface area (Å²) in [6.45, 7) is 1.79. The highest BCUT2D eigenvalue weighted by Crippen LogP contribution is 2.28. The lowest BCUT2D eigenvalue weighted by Gasteiger charge is -2.15. The minimum Gasteiger partial charge on any atom is -0.508 e. The largest absolute Gasteiger partial charge is 0.508 e. The average molecular weight is 598 g/mol. The third-order valence-corrected chi connectivity index (χ3v) is 7.25. The molecule has 3 amide bonds. The van der Waals surface area contributed by atoms with Crippen LogP contribution in [0.5, 0.6) is 17.2 Å². The van der Waals surface area contributed by atoms with Gasteiger partial charge in [-0.3, -0.25) is 14.4 Å². The number of methoxy groups -OCH3 is 2. The van der Waals surface area contributed by atoms with E-state index >= 15 is 0 Å². The van der Waals surface area contributed by atoms with Gasteiger partial charge in [-0.2, -0.15) is 0 Å². The second-order valence-corrected chi connectivity index (χ2v) is 10.7. The van der Waals surface area contributed by atoms with Crippen molar-refractivity contribution in [2.75, 3.05) is 24.9 Å². The zero-order chi connectivity index (χ0) is 30.8. The summed E-state index contributed by atoms with van der Waals surface area (Å²) in [6, 6.07) is 27.1. The summed E-state index contributed by atoms with van der Waals surface area (Å²) in [7, 11) is 3.00. The van der Waals surface area contributed by atoms with Gasteiger partial charge in [0.2, 0.25) is 5.91 Å². The van der Waals surface area contributed by atoms with Crippen molar-refractivity contribution in [1.29, 1.82) is 0 Å². The van der Waals surface area contributed by atoms with Gasteiger partial charge in [0.15, 0.2) is 0 Å². The van der Waals surface area contributed by atoms with Crippen molar-refractivity contribution in [3.63, 3.8) is 0 Å². The minimum atomic E-state index is -0.578. The molecule has 0 aliphatic carbocycles. The van der Waals surface area contributed by atoms with E-state index in [0.29, 0.717) is 34.0 Å². The lowest BCUT2D eigenvalue weighted by molar-refractivity contribution is -0.115. The number of amides is 3. The number of hydrogen-bond acceptors (Lipinski definition) is 7. The van der Waals surface area contributed by atoms with Crippen molar-refractivity contribution in [1.82, 2.24) is 5.32 Å². The molecule has 0 bridgehead atoms. The van der Waals surface area contributed by atoms with Crippen LogP contribution in [0.25, 0.3) is 6.08 Å². The van der Waals surface area contributed by atoms with E-state index in [4.69, 9.17) is 9.47 Å². The summed E-state index contributed by atoms with van der Waals surface area (Å²) >= 11 is 1.33. The predicted molar refractivity (Wildman–Crippen MR) is 169 cm³/mol. The van der Waals surface area contributed by atoms with Crippen LogP contribution in [0.2, 0.25) is 0 Å². The zero-order valence-corrected chi connectivity index (χ0v) is 24.6. The molecule has 1 atom stereocenters. The van der Waals surface area contributed by atoms with Crippen LogP contribution >= 0.6 is 11.8 Å². The highest BCUT2D eigenvalue weighted by atomic mass is 32.2. The highest BCUT2D eigenvalue weighted by molar-refractivity contribution is 8.00. The van der Waals surface area contributed by atoms with Gasteiger partial charge in [0, 0.05) is 39.5 Å². The van der Waals surface area contributed by atoms with E-state index in [1.165, 1.54) is 37.1 Å². The number of rotatable bonds is 11. The van der Waals surface area contributed by atoms with Crippen molar-refractivity contribution in [3.05, 3.63) is 114 Å². The second-order valence-electron chi connectivity index (χ2n) is 9.27. The maximum absolute atomic E-state index is 13.5. The first-order valence-electron chi connectivity index (χ1n) is 13.2. The number of phenolic OH excluding ortho intramolecular Hbond substituents is 1. The molecule has 0 heterocycles. The number of benzene rings is 4. The molecule has 4 aromatic carbocycles. The molecule has 0 spiro atoms. The van der Waals surface area contributed by atoms with Crippen molar-refractivity contribution >= 4 is 46.9 Å². The Bertz CT molecular complexity index is 1640. The van der Waals surface area contributed by atoms with Gasteiger partial charge < -0.3 is 30.5 Å². The van der Waals surface area contributed by atoms with Crippen LogP contribution in [-0.4, -0.2) is 42.3 Å². The van der Waals surface area contributed by atoms with E-state index in [2.05, 4.69) is 16.0 Å². The zero-order valence-electron chi connectivity index (χ0n) is 23.8. The Kier molecular flexibility index (Phi) is 10.4. The molecule has 0 radical (unpaired) electrons. The number of hydrogen-bond donors (Lipinski definition) is 4. The smallest absolute Gasteiger partial charge is 0.272 e. The molecule has 0 saturated heterocycles. The van der Waals surface area contributed by atoms with Crippen LogP contribution in [0.1, 0.15) is 22.8 Å². The van der Waals surface area contributed by atoms with Gasteiger partial charge in [-0.25, -0.2) is 0 Å². The fraction of sp³-hybridized carbons (Fsp3) is 0.121. The first kappa shape index (κ1) is 30.7. The van der Waals surface area contributed by atoms with Crippen molar-refractivity contribution < 1.29 is 29.0 Å². The monoisotopic (exact) mass is 597 g/mol. The molecule has 10 heteroatoms. The molecule has 43 heavy (non-hydrogen) atoms. The number of aromatic hydroxyl groups is 1. The number of thioether (sulfide) groups is 1. The molecule has 1 unspecified atom stereocenters. The van der Waals surface area contributed by atoms with Crippen molar-refractivity contribution in [2.45, 2.75) is 17.1 Å². The lowest BCUT2D eigenvalue weighted by Crippen LogP contribution is -2.30. The molecule has 4 N–H and O–H groups in total. The number of carbonyl (C=O) groups is 3. The van der Waals surface area contributed by atoms with Gasteiger partial charge >= 0.3 is 0 Å². The van der Waals surface area contributed by atoms with Crippen LogP contribution in [0, 0.1) is 0 Å². The third kappa shape index (κ3) is 8.64. The maximum Gasteiger partial charge on any atom is 0.272 e. The van der Waals surface area contributed by atoms with Gasteiger partial charge in [0.1, 0.15) is 22.9 Å². The number of carbonyl (C=O) groups excluding carboxylic acids is 3. The van der Waals surface area contributed by atoms with E-state index in [0.717, 1.165) is 4.90 Å². The minimum absolute atomic E-state index is 0.00552. The first-order chi connectivity index (χ1) is 20.7. The molecular weight excluding hydrogens is 566 g/mol. The van der Waals surface area contributed by atoms with Crippen molar-refractivity contribution in [2.24, 2.45) is 0 Å². The summed E-state index contributed by atoms with van der Waals surface area (Å²) in [6.07, 6.45) is 1.47. The Morgan fingerprint density at radius 1 is 0.814 bits per heavy atom. The van der Waals surface area contributed by atoms with E-state index in [-0.39, 0.29) is 17.4 Å². The highest BCUT2D eigenvalue weighted by Gasteiger charge is 2.18. The summed E-state index contributed by atoms with van der Waals surface area (Å²) in [4.78, 5) is 40.0. The number of nitrogens with one attached hydrogen (secondary N) is 3. The van der Waals surface area contributed by atoms with Crippen LogP contribution in [0.3, 0.4) is 0 Å². The van der Waals surface area contributed by atoms with Crippen molar-refractivity contribution in [3.8, 4) is 17.2 Å². The van der Waals surface area contributed by atoms with E-state index < -0.39 is 17.1 Å². The number of anilines is 2. The second kappa shape index (κ2) is 14.6. The van der Waals surface area contributed by atoms with E-state index in [1.54, 1.807) is 92.9 Å². The lowest BCUT2D eigenvalue weighted by atomic mass is 10.1. The molecule has 0 aliphatic heterocycles. The quantitative estimate of drug-likeness (QED) is 0.125. The Labute approximate surface area is 253 Å². The van der Waals surface area contributed by atoms with Gasteiger partial charge in [-0.15, -0.1) is 11.8 Å². The van der Waals surface area contributed by atoms with E-state index in [9.17, 15) is 19.5 Å². The average Bonchev–Trinajstić information content (AvgIpc) is 3.02. The van der Waals surface area contributed by atoms with E-state index in [1.807, 2.05) is 6.07 Å². The normalized spacial score (nSPS) is 11.7. The molecule has 0 aromatic heterocycles. The molecule has 0 aliphatic rings. The molecule has 220 valence electrons. The SMILES string of the molecule is COc1cccc(NC(=O)C(C)Sc2cccc(NC(=O)/C(=C\c3ccc(O)cc3OC)NC(=O)c3ccccc3)c2)c1. The first-order valence-corrected chi connectivity index (χ1v) is 14.1. The Morgan fingerprint density at radius 2 is 1.53 bits per heavy atom. The molecule has 0 fully saturated rings. The maximum atomic E-state index is 13.5. The standard InChI is InChI=1S/C33H31N3O6S/c1-21(31(38)34-24-11-7-13-27(18-24)41-2)43-28-14-8-12-25(19-28)35-33(40)29(36-32(39)22-9-5-4-6-10-22)17-23-15-16-26(37)20-30(23)42-3/h4-21,37H,1-3H3,(H,34,38)(H,35,40)(H,36,39)/b29-17+. The van der Waals surface area contributed by atoms with Gasteiger partial charge in [0.05, 0.1) is 19.5 Å². The van der Waals surface area contributed by atoms with Crippen LogP contribution < -0.4 is 25.4 Å². The van der Waals surface area contributed by atoms with Crippen LogP contribution in [0.4, 0.5) is 11.4 Å². The number of phenols is 1. The van der Waals surface area contributed by atoms with Gasteiger partial charge in [-0.05, 0) is 67.6 Å². The molecule has 0 saturated carbocycles. The fourth-order valence-electron chi connectivity index (χ4n) is 3.96. The predicted octanol–water partition coefficient (Wildman–Crippen LogP) is 5.94. The molecular formula is C33H31N3O6S. The van der Waals surface area contributed by atoms with Crippen LogP contribution in [-0.2, 0) is 9.59 Å². The Morgan fingerprint density at radius 3 is 2.26 bits per heavy atom. The third-order valence-electron chi connectivity index (χ3n) is 6.16. The summed E-state index contributed by atoms with van der Waals surface area (Å²) in [5.41, 5.74) is 1.90. The molecule has 4 aromatic rings. The summed E-state index contributed by atoms with van der Waals surface area (Å²) < 4.78 is 10.6. The fourth-order valence-corrected chi connectivity index (χ4v) is 4.89. The summed E-state index contributed by atoms with van der Waals surface area (Å²) in [5, 5.41) is 17.8. The Balaban J connectivity index is 1.51. The molecule has 4 rings (SSSR count). The van der Waals surface area contributed by atoms with Gasteiger partial charge in [0.25, 0.3) is 11.8 Å². The number of ether oxygens (including phenoxy) is 2. The van der Waals surface area contributed by atoms with Crippen LogP contribution in [0.15, 0.2) is 108 Å². The Hall–Kier alpha value is -5.22. The topological polar surface area (TPSA) is 126 Å². The van der Waals surface area contributed by atoms with Gasteiger partial charge in [-0.1, -0.05) is 30.3 Å². The molecule has 9 nitrogen and oxygen atoms in total. The summed E-state index contributed by atoms with van der Waals surface area (Å²) in [5.74, 6) is -0.290.